The molecule has 4 aliphatic heterocycles. The summed E-state index contributed by atoms with van der Waals surface area (Å²) in [6.45, 7) is 3.80. The molecule has 148 valence electrons. The van der Waals surface area contributed by atoms with Crippen LogP contribution in [0.2, 0.25) is 0 Å². The van der Waals surface area contributed by atoms with Crippen LogP contribution in [0.3, 0.4) is 0 Å². The van der Waals surface area contributed by atoms with Crippen molar-refractivity contribution < 1.29 is 38.7 Å². The van der Waals surface area contributed by atoms with Gasteiger partial charge in [0.1, 0.15) is 48.8 Å². The maximum Gasteiger partial charge on any atom is 0.190 e. The minimum atomic E-state index is -0.943. The van der Waals surface area contributed by atoms with Gasteiger partial charge < -0.3 is 29.2 Å². The van der Waals surface area contributed by atoms with E-state index in [0.717, 1.165) is 0 Å². The van der Waals surface area contributed by atoms with Gasteiger partial charge in [0.2, 0.25) is 0 Å². The zero-order valence-electron chi connectivity index (χ0n) is 15.3. The van der Waals surface area contributed by atoms with Crippen molar-refractivity contribution in [1.29, 1.82) is 0 Å². The number of aliphatic hydroxyl groups is 2. The molecule has 8 nitrogen and oxygen atoms in total. The second-order valence-electron chi connectivity index (χ2n) is 8.97. The Morgan fingerprint density at radius 1 is 0.643 bits per heavy atom. The third-order valence-corrected chi connectivity index (χ3v) is 7.66. The van der Waals surface area contributed by atoms with Gasteiger partial charge in [-0.3, -0.25) is 9.59 Å². The molecule has 0 saturated carbocycles. The number of hydrogen-bond donors (Lipinski definition) is 2. The van der Waals surface area contributed by atoms with E-state index in [1.54, 1.807) is 0 Å². The number of fused-ring (bicyclic) bond motifs is 4. The summed E-state index contributed by atoms with van der Waals surface area (Å²) in [4.78, 5) is 26.3. The quantitative estimate of drug-likeness (QED) is 0.498. The first kappa shape index (κ1) is 16.4. The van der Waals surface area contributed by atoms with Crippen LogP contribution in [0.5, 0.6) is 0 Å². The smallest absolute Gasteiger partial charge is 0.190 e. The Balaban J connectivity index is 1.50. The Hall–Kier alpha value is -1.42. The topological polar surface area (TPSA) is 118 Å². The molecule has 7 rings (SSSR count). The maximum atomic E-state index is 13.1. The Morgan fingerprint density at radius 2 is 1.04 bits per heavy atom. The van der Waals surface area contributed by atoms with E-state index in [0.29, 0.717) is 22.3 Å². The Kier molecular flexibility index (Phi) is 2.83. The van der Waals surface area contributed by atoms with Crippen LogP contribution in [0.15, 0.2) is 22.3 Å². The number of aliphatic hydroxyl groups excluding tert-OH is 2. The normalized spacial score (nSPS) is 58.0. The van der Waals surface area contributed by atoms with Gasteiger partial charge in [-0.15, -0.1) is 0 Å². The molecule has 2 saturated heterocycles. The van der Waals surface area contributed by atoms with E-state index >= 15 is 0 Å². The fourth-order valence-corrected chi connectivity index (χ4v) is 6.43. The summed E-state index contributed by atoms with van der Waals surface area (Å²) in [7, 11) is 0. The summed E-state index contributed by atoms with van der Waals surface area (Å²) in [5.74, 6) is -1.10. The molecule has 0 aromatic heterocycles. The van der Waals surface area contributed by atoms with Crippen molar-refractivity contribution in [1.82, 2.24) is 0 Å². The van der Waals surface area contributed by atoms with Crippen molar-refractivity contribution >= 4 is 11.6 Å². The largest absolute Gasteiger partial charge is 0.386 e. The zero-order chi connectivity index (χ0) is 19.2. The van der Waals surface area contributed by atoms with Crippen molar-refractivity contribution in [3.8, 4) is 0 Å². The van der Waals surface area contributed by atoms with Crippen molar-refractivity contribution in [2.75, 3.05) is 0 Å². The minimum absolute atomic E-state index is 0.110. The first-order chi connectivity index (χ1) is 13.4. The highest BCUT2D eigenvalue weighted by molar-refractivity contribution is 6.07. The molecule has 0 radical (unpaired) electrons. The van der Waals surface area contributed by atoms with Crippen LogP contribution in [0.25, 0.3) is 0 Å². The monoisotopic (exact) mass is 388 g/mol. The molecule has 8 heteroatoms. The van der Waals surface area contributed by atoms with Crippen LogP contribution in [-0.4, -0.2) is 82.8 Å². The van der Waals surface area contributed by atoms with Crippen molar-refractivity contribution in [2.45, 2.75) is 74.9 Å². The zero-order valence-corrected chi connectivity index (χ0v) is 15.3. The van der Waals surface area contributed by atoms with Crippen LogP contribution >= 0.6 is 0 Å². The number of carbonyl (C=O) groups excluding carboxylic acids is 2. The average molecular weight is 388 g/mol. The van der Waals surface area contributed by atoms with Crippen LogP contribution in [0, 0.1) is 11.8 Å². The lowest BCUT2D eigenvalue weighted by atomic mass is 9.60. The fraction of sp³-hybridized carbons (Fsp3) is 0.700. The molecular formula is C20H20O8. The third-order valence-electron chi connectivity index (χ3n) is 7.66. The Morgan fingerprint density at radius 3 is 1.43 bits per heavy atom. The van der Waals surface area contributed by atoms with E-state index < -0.39 is 60.7 Å². The second-order valence-corrected chi connectivity index (χ2v) is 8.97. The number of carbonyl (C=O) groups is 2. The SMILES string of the molecule is C[C@H]1O[C@H]2C3=C(C(=O)[C@@H]4O[C@@H]4[C@H]3O)[C@@H]1[C@H]1C3=C([C@H](O)[C@H]4O[C@H]4C3=O)[C@@H]2O[C@@H]1C. The van der Waals surface area contributed by atoms with Gasteiger partial charge >= 0.3 is 0 Å². The molecular weight excluding hydrogens is 368 g/mol. The molecule has 2 fully saturated rings. The number of epoxide rings is 2. The van der Waals surface area contributed by atoms with Gasteiger partial charge in [0.15, 0.2) is 11.6 Å². The third kappa shape index (κ3) is 1.67. The first-order valence-corrected chi connectivity index (χ1v) is 9.94. The van der Waals surface area contributed by atoms with Crippen LogP contribution < -0.4 is 0 Å². The van der Waals surface area contributed by atoms with Gasteiger partial charge in [-0.05, 0) is 25.0 Å². The molecule has 2 N–H and O–H groups in total. The van der Waals surface area contributed by atoms with E-state index in [-0.39, 0.29) is 23.8 Å². The molecule has 0 spiro atoms. The van der Waals surface area contributed by atoms with Crippen LogP contribution in [0.1, 0.15) is 13.8 Å². The Bertz CT molecular complexity index is 845. The molecule has 28 heavy (non-hydrogen) atoms. The van der Waals surface area contributed by atoms with Crippen LogP contribution in [-0.2, 0) is 28.5 Å². The van der Waals surface area contributed by atoms with E-state index in [1.165, 1.54) is 0 Å². The minimum Gasteiger partial charge on any atom is -0.386 e. The number of ether oxygens (including phenoxy) is 4. The van der Waals surface area contributed by atoms with Crippen molar-refractivity contribution in [3.05, 3.63) is 22.3 Å². The molecule has 0 unspecified atom stereocenters. The van der Waals surface area contributed by atoms with E-state index in [2.05, 4.69) is 0 Å². The van der Waals surface area contributed by atoms with Gasteiger partial charge in [-0.25, -0.2) is 0 Å². The van der Waals surface area contributed by atoms with Gasteiger partial charge in [0.05, 0.1) is 12.2 Å². The average Bonchev–Trinajstić information content (AvgIpc) is 3.53. The number of rotatable bonds is 0. The van der Waals surface area contributed by atoms with Gasteiger partial charge in [-0.2, -0.15) is 0 Å². The highest BCUT2D eigenvalue weighted by atomic mass is 16.6. The second kappa shape index (κ2) is 4.83. The first-order valence-electron chi connectivity index (χ1n) is 9.94. The number of hydrogen-bond acceptors (Lipinski definition) is 8. The molecule has 0 aromatic carbocycles. The summed E-state index contributed by atoms with van der Waals surface area (Å²) < 4.78 is 23.4. The number of Topliss-reactive ketones (excluding diaryl/α,β-unsaturated/α-hetero) is 2. The molecule has 4 bridgehead atoms. The van der Waals surface area contributed by atoms with Crippen molar-refractivity contribution in [3.63, 3.8) is 0 Å². The Labute approximate surface area is 160 Å². The van der Waals surface area contributed by atoms with Gasteiger partial charge in [-0.1, -0.05) is 0 Å². The molecule has 3 aliphatic carbocycles. The van der Waals surface area contributed by atoms with Crippen molar-refractivity contribution in [2.24, 2.45) is 11.8 Å². The fourth-order valence-electron chi connectivity index (χ4n) is 6.43. The summed E-state index contributed by atoms with van der Waals surface area (Å²) in [5, 5.41) is 21.8. The summed E-state index contributed by atoms with van der Waals surface area (Å²) >= 11 is 0. The highest BCUT2D eigenvalue weighted by Crippen LogP contribution is 2.57. The molecule has 0 amide bonds. The molecule has 0 aromatic rings. The molecule has 7 aliphatic rings. The lowest BCUT2D eigenvalue weighted by molar-refractivity contribution is -0.177. The van der Waals surface area contributed by atoms with Gasteiger partial charge in [0.25, 0.3) is 0 Å². The van der Waals surface area contributed by atoms with E-state index in [1.807, 2.05) is 13.8 Å². The van der Waals surface area contributed by atoms with E-state index in [9.17, 15) is 19.8 Å². The highest BCUT2D eigenvalue weighted by Gasteiger charge is 2.68. The standard InChI is InChI=1S/C20H20O8/c1-3-5-6-4(2)26-16(10-8(6)12(22)18-20(28-18)14(10)24)15(25-3)9-7(5)11(21)17-19(27-17)13(9)23/h3-6,13-20,23-24H,1-2H3/t3-,4-,5+,6+,13+,14+,15+,16+,17+,18+,19-,20-/m1/s1. The molecule has 12 atom stereocenters. The summed E-state index contributed by atoms with van der Waals surface area (Å²) in [5.41, 5.74) is 2.12. The molecule has 4 heterocycles. The predicted molar refractivity (Wildman–Crippen MR) is 89.1 cm³/mol. The summed E-state index contributed by atoms with van der Waals surface area (Å²) in [6, 6.07) is 0. The lowest BCUT2D eigenvalue weighted by Gasteiger charge is -2.55. The summed E-state index contributed by atoms with van der Waals surface area (Å²) in [6.07, 6.45) is -6.30. The predicted octanol–water partition coefficient (Wildman–Crippen LogP) is -1.18. The van der Waals surface area contributed by atoms with Crippen LogP contribution in [0.4, 0.5) is 0 Å². The number of ketones is 2. The van der Waals surface area contributed by atoms with Gasteiger partial charge in [0, 0.05) is 23.0 Å². The lowest BCUT2D eigenvalue weighted by Crippen LogP contribution is -2.62. The maximum absolute atomic E-state index is 13.1. The van der Waals surface area contributed by atoms with E-state index in [4.69, 9.17) is 18.9 Å².